The summed E-state index contributed by atoms with van der Waals surface area (Å²) in [6, 6.07) is 6.43. The molecule has 0 bridgehead atoms. The number of hydrogen-bond donors (Lipinski definition) is 1. The van der Waals surface area contributed by atoms with Gasteiger partial charge in [-0.2, -0.15) is 0 Å². The topological polar surface area (TPSA) is 96.0 Å². The highest BCUT2D eigenvalue weighted by molar-refractivity contribution is 7.90. The molecule has 28 heavy (non-hydrogen) atoms. The van der Waals surface area contributed by atoms with Gasteiger partial charge in [0.1, 0.15) is 15.9 Å². The van der Waals surface area contributed by atoms with Crippen LogP contribution >= 0.6 is 0 Å². The summed E-state index contributed by atoms with van der Waals surface area (Å²) in [6.07, 6.45) is 1.23. The Bertz CT molecular complexity index is 821. The Morgan fingerprint density at radius 2 is 1.96 bits per heavy atom. The molecule has 1 aromatic carbocycles. The van der Waals surface area contributed by atoms with Gasteiger partial charge in [0.15, 0.2) is 0 Å². The molecule has 1 unspecified atom stereocenters. The maximum atomic E-state index is 12.8. The standard InChI is InChI=1S/C19H27N3O5S/c1-28(25,26)13-6-17(18(23)20-7-8-21-9-11-27-12-10-21)22-14-15-4-2-3-5-16(15)19(22)24/h2-5,17H,6-14H2,1H3,(H,20,23). The number of fused-ring (bicyclic) bond motifs is 1. The predicted octanol–water partition coefficient (Wildman–Crippen LogP) is -0.106. The van der Waals surface area contributed by atoms with Crippen LogP contribution in [0.5, 0.6) is 0 Å². The average molecular weight is 410 g/mol. The van der Waals surface area contributed by atoms with E-state index in [4.69, 9.17) is 4.74 Å². The fourth-order valence-electron chi connectivity index (χ4n) is 3.56. The van der Waals surface area contributed by atoms with Gasteiger partial charge in [0.2, 0.25) is 5.91 Å². The molecule has 2 aliphatic rings. The first kappa shape index (κ1) is 20.8. The molecule has 1 N–H and O–H groups in total. The van der Waals surface area contributed by atoms with Crippen molar-refractivity contribution in [3.8, 4) is 0 Å². The van der Waals surface area contributed by atoms with Crippen LogP contribution in [-0.2, 0) is 25.9 Å². The van der Waals surface area contributed by atoms with Crippen molar-refractivity contribution in [2.45, 2.75) is 19.0 Å². The van der Waals surface area contributed by atoms with Crippen LogP contribution in [0.4, 0.5) is 0 Å². The maximum Gasteiger partial charge on any atom is 0.255 e. The third-order valence-electron chi connectivity index (χ3n) is 5.12. The Hall–Kier alpha value is -1.97. The molecule has 9 heteroatoms. The van der Waals surface area contributed by atoms with Gasteiger partial charge < -0.3 is 15.0 Å². The summed E-state index contributed by atoms with van der Waals surface area (Å²) in [4.78, 5) is 29.3. The molecule has 0 saturated carbocycles. The van der Waals surface area contributed by atoms with Crippen LogP contribution in [-0.4, -0.2) is 87.5 Å². The van der Waals surface area contributed by atoms with E-state index < -0.39 is 15.9 Å². The van der Waals surface area contributed by atoms with Gasteiger partial charge >= 0.3 is 0 Å². The quantitative estimate of drug-likeness (QED) is 0.644. The number of ether oxygens (including phenoxy) is 1. The molecule has 2 amide bonds. The van der Waals surface area contributed by atoms with Crippen molar-refractivity contribution >= 4 is 21.7 Å². The monoisotopic (exact) mass is 409 g/mol. The molecule has 1 aromatic rings. The van der Waals surface area contributed by atoms with Crippen molar-refractivity contribution in [2.24, 2.45) is 0 Å². The second kappa shape index (κ2) is 9.02. The van der Waals surface area contributed by atoms with E-state index in [-0.39, 0.29) is 24.0 Å². The summed E-state index contributed by atoms with van der Waals surface area (Å²) in [5, 5.41) is 2.88. The van der Waals surface area contributed by atoms with Crippen molar-refractivity contribution in [1.29, 1.82) is 0 Å². The number of carbonyl (C=O) groups excluding carboxylic acids is 2. The largest absolute Gasteiger partial charge is 0.379 e. The summed E-state index contributed by atoms with van der Waals surface area (Å²) in [6.45, 7) is 4.49. The molecule has 3 rings (SSSR count). The summed E-state index contributed by atoms with van der Waals surface area (Å²) < 4.78 is 28.6. The molecule has 1 atom stereocenters. The molecule has 2 heterocycles. The van der Waals surface area contributed by atoms with Crippen molar-refractivity contribution in [2.75, 3.05) is 51.4 Å². The number of nitrogens with zero attached hydrogens (tertiary/aromatic N) is 2. The number of carbonyl (C=O) groups is 2. The van der Waals surface area contributed by atoms with E-state index in [1.165, 1.54) is 4.90 Å². The Balaban J connectivity index is 1.64. The molecule has 1 saturated heterocycles. The lowest BCUT2D eigenvalue weighted by Crippen LogP contribution is -2.49. The lowest BCUT2D eigenvalue weighted by atomic mass is 10.1. The predicted molar refractivity (Wildman–Crippen MR) is 105 cm³/mol. The maximum absolute atomic E-state index is 12.8. The SMILES string of the molecule is CS(=O)(=O)CCC(C(=O)NCCN1CCOCC1)N1Cc2ccccc2C1=O. The summed E-state index contributed by atoms with van der Waals surface area (Å²) >= 11 is 0. The van der Waals surface area contributed by atoms with E-state index >= 15 is 0 Å². The molecule has 0 aliphatic carbocycles. The van der Waals surface area contributed by atoms with E-state index in [1.54, 1.807) is 12.1 Å². The summed E-state index contributed by atoms with van der Waals surface area (Å²) in [5.74, 6) is -0.676. The third kappa shape index (κ3) is 5.30. The first-order valence-electron chi connectivity index (χ1n) is 9.49. The number of sulfone groups is 1. The number of rotatable bonds is 8. The normalized spacial score (nSPS) is 18.8. The molecule has 154 valence electrons. The molecule has 0 radical (unpaired) electrons. The molecular formula is C19H27N3O5S. The zero-order valence-electron chi connectivity index (χ0n) is 16.1. The molecular weight excluding hydrogens is 382 g/mol. The summed E-state index contributed by atoms with van der Waals surface area (Å²) in [5.41, 5.74) is 1.44. The van der Waals surface area contributed by atoms with Crippen molar-refractivity contribution in [3.63, 3.8) is 0 Å². The fourth-order valence-corrected chi connectivity index (χ4v) is 4.21. The van der Waals surface area contributed by atoms with Gasteiger partial charge in [-0.3, -0.25) is 14.5 Å². The van der Waals surface area contributed by atoms with Crippen LogP contribution in [0.1, 0.15) is 22.3 Å². The molecule has 2 aliphatic heterocycles. The highest BCUT2D eigenvalue weighted by atomic mass is 32.2. The average Bonchev–Trinajstić information content (AvgIpc) is 2.99. The molecule has 0 aromatic heterocycles. The molecule has 0 spiro atoms. The van der Waals surface area contributed by atoms with Crippen LogP contribution in [0, 0.1) is 0 Å². The van der Waals surface area contributed by atoms with Gasteiger partial charge in [-0.05, 0) is 18.1 Å². The van der Waals surface area contributed by atoms with Crippen LogP contribution in [0.15, 0.2) is 24.3 Å². The van der Waals surface area contributed by atoms with Crippen LogP contribution < -0.4 is 5.32 Å². The van der Waals surface area contributed by atoms with E-state index in [0.29, 0.717) is 38.4 Å². The number of benzene rings is 1. The smallest absolute Gasteiger partial charge is 0.255 e. The number of hydrogen-bond acceptors (Lipinski definition) is 6. The Labute approximate surface area is 165 Å². The lowest BCUT2D eigenvalue weighted by molar-refractivity contribution is -0.125. The Morgan fingerprint density at radius 1 is 1.25 bits per heavy atom. The highest BCUT2D eigenvalue weighted by Gasteiger charge is 2.36. The van der Waals surface area contributed by atoms with Gasteiger partial charge in [-0.25, -0.2) is 8.42 Å². The minimum Gasteiger partial charge on any atom is -0.379 e. The van der Waals surface area contributed by atoms with E-state index in [0.717, 1.165) is 24.9 Å². The van der Waals surface area contributed by atoms with Gasteiger partial charge in [-0.15, -0.1) is 0 Å². The minimum atomic E-state index is -3.24. The van der Waals surface area contributed by atoms with Crippen molar-refractivity contribution in [3.05, 3.63) is 35.4 Å². The number of amides is 2. The third-order valence-corrected chi connectivity index (χ3v) is 6.10. The first-order valence-corrected chi connectivity index (χ1v) is 11.6. The molecule has 8 nitrogen and oxygen atoms in total. The zero-order valence-corrected chi connectivity index (χ0v) is 16.9. The van der Waals surface area contributed by atoms with Crippen molar-refractivity contribution in [1.82, 2.24) is 15.1 Å². The fraction of sp³-hybridized carbons (Fsp3) is 0.579. The zero-order chi connectivity index (χ0) is 20.1. The first-order chi connectivity index (χ1) is 13.3. The lowest BCUT2D eigenvalue weighted by Gasteiger charge is -2.29. The van der Waals surface area contributed by atoms with Crippen LogP contribution in [0.3, 0.4) is 0 Å². The van der Waals surface area contributed by atoms with Gasteiger partial charge in [0.25, 0.3) is 5.91 Å². The van der Waals surface area contributed by atoms with Gasteiger partial charge in [-0.1, -0.05) is 18.2 Å². The van der Waals surface area contributed by atoms with E-state index in [2.05, 4.69) is 10.2 Å². The number of morpholine rings is 1. The second-order valence-corrected chi connectivity index (χ2v) is 9.53. The Morgan fingerprint density at radius 3 is 2.64 bits per heavy atom. The van der Waals surface area contributed by atoms with Crippen molar-refractivity contribution < 1.29 is 22.7 Å². The second-order valence-electron chi connectivity index (χ2n) is 7.27. The van der Waals surface area contributed by atoms with Crippen LogP contribution in [0.2, 0.25) is 0 Å². The van der Waals surface area contributed by atoms with Crippen LogP contribution in [0.25, 0.3) is 0 Å². The van der Waals surface area contributed by atoms with Gasteiger partial charge in [0.05, 0.1) is 19.0 Å². The Kier molecular flexibility index (Phi) is 6.69. The summed E-state index contributed by atoms with van der Waals surface area (Å²) in [7, 11) is -3.24. The molecule has 1 fully saturated rings. The van der Waals surface area contributed by atoms with E-state index in [9.17, 15) is 18.0 Å². The van der Waals surface area contributed by atoms with Gasteiger partial charge in [0, 0.05) is 44.5 Å². The number of nitrogens with one attached hydrogen (secondary N) is 1. The highest BCUT2D eigenvalue weighted by Crippen LogP contribution is 2.25. The van der Waals surface area contributed by atoms with E-state index in [1.807, 2.05) is 12.1 Å². The minimum absolute atomic E-state index is 0.0853.